The summed E-state index contributed by atoms with van der Waals surface area (Å²) in [5.41, 5.74) is 3.07. The predicted molar refractivity (Wildman–Crippen MR) is 101 cm³/mol. The summed E-state index contributed by atoms with van der Waals surface area (Å²) in [6.07, 6.45) is 4.08. The molecule has 6 heteroatoms. The van der Waals surface area contributed by atoms with E-state index in [1.54, 1.807) is 30.2 Å². The monoisotopic (exact) mass is 367 g/mol. The van der Waals surface area contributed by atoms with Crippen molar-refractivity contribution in [2.75, 3.05) is 20.3 Å². The third-order valence-electron chi connectivity index (χ3n) is 4.40. The zero-order valence-electron chi connectivity index (χ0n) is 15.1. The van der Waals surface area contributed by atoms with Crippen molar-refractivity contribution in [1.29, 1.82) is 0 Å². The summed E-state index contributed by atoms with van der Waals surface area (Å²) in [7, 11) is 1.61. The van der Waals surface area contributed by atoms with Gasteiger partial charge in [-0.1, -0.05) is 18.2 Å². The topological polar surface area (TPSA) is 76.1 Å². The summed E-state index contributed by atoms with van der Waals surface area (Å²) in [4.78, 5) is 24.9. The van der Waals surface area contributed by atoms with Gasteiger partial charge in [0.2, 0.25) is 5.91 Å². The second-order valence-electron chi connectivity index (χ2n) is 6.23. The number of hydrogen-bond donors (Lipinski definition) is 1. The van der Waals surface area contributed by atoms with Crippen molar-refractivity contribution in [2.45, 2.75) is 13.0 Å². The maximum absolute atomic E-state index is 12.5. The van der Waals surface area contributed by atoms with Crippen LogP contribution in [0, 0.1) is 0 Å². The molecule has 0 unspecified atom stereocenters. The Hall–Kier alpha value is -3.28. The molecule has 1 amide bonds. The average Bonchev–Trinajstić information content (AvgIpc) is 2.70. The first-order valence-electron chi connectivity index (χ1n) is 8.62. The van der Waals surface area contributed by atoms with Crippen molar-refractivity contribution in [3.63, 3.8) is 0 Å². The van der Waals surface area contributed by atoms with Crippen molar-refractivity contribution in [2.24, 2.45) is 0 Å². The van der Waals surface area contributed by atoms with E-state index in [0.717, 1.165) is 22.4 Å². The van der Waals surface area contributed by atoms with Crippen LogP contribution in [0.15, 0.2) is 48.5 Å². The van der Waals surface area contributed by atoms with E-state index in [9.17, 15) is 9.59 Å². The molecule has 0 spiro atoms. The molecule has 0 saturated heterocycles. The van der Waals surface area contributed by atoms with Crippen molar-refractivity contribution in [3.05, 3.63) is 65.2 Å². The van der Waals surface area contributed by atoms with Crippen LogP contribution in [-0.2, 0) is 22.6 Å². The summed E-state index contributed by atoms with van der Waals surface area (Å²) in [5.74, 6) is 0.268. The Morgan fingerprint density at radius 2 is 1.85 bits per heavy atom. The first-order valence-corrected chi connectivity index (χ1v) is 8.62. The van der Waals surface area contributed by atoms with Crippen molar-refractivity contribution < 1.29 is 24.2 Å². The first-order chi connectivity index (χ1) is 13.0. The summed E-state index contributed by atoms with van der Waals surface area (Å²) < 4.78 is 10.3. The smallest absolute Gasteiger partial charge is 0.341 e. The maximum atomic E-state index is 12.5. The zero-order chi connectivity index (χ0) is 19.2. The van der Waals surface area contributed by atoms with E-state index >= 15 is 0 Å². The van der Waals surface area contributed by atoms with Crippen LogP contribution in [0.4, 0.5) is 0 Å². The number of fused-ring (bicyclic) bond motifs is 1. The van der Waals surface area contributed by atoms with E-state index in [2.05, 4.69) is 0 Å². The molecule has 0 aromatic heterocycles. The van der Waals surface area contributed by atoms with Gasteiger partial charge in [-0.2, -0.15) is 0 Å². The van der Waals surface area contributed by atoms with Crippen LogP contribution < -0.4 is 9.47 Å². The van der Waals surface area contributed by atoms with Crippen LogP contribution in [0.5, 0.6) is 11.5 Å². The molecule has 2 aromatic rings. The number of methoxy groups -OCH3 is 1. The van der Waals surface area contributed by atoms with Gasteiger partial charge in [-0.25, -0.2) is 4.79 Å². The third-order valence-corrected chi connectivity index (χ3v) is 4.40. The Balaban J connectivity index is 1.61. The van der Waals surface area contributed by atoms with Gasteiger partial charge in [0.1, 0.15) is 11.5 Å². The van der Waals surface area contributed by atoms with Crippen LogP contribution in [0.25, 0.3) is 6.08 Å². The zero-order valence-corrected chi connectivity index (χ0v) is 15.1. The summed E-state index contributed by atoms with van der Waals surface area (Å²) >= 11 is 0. The number of amides is 1. The van der Waals surface area contributed by atoms with E-state index in [1.807, 2.05) is 36.4 Å². The van der Waals surface area contributed by atoms with Gasteiger partial charge >= 0.3 is 5.97 Å². The fraction of sp³-hybridized carbons (Fsp3) is 0.238. The van der Waals surface area contributed by atoms with Gasteiger partial charge in [-0.05, 0) is 53.5 Å². The molecule has 6 nitrogen and oxygen atoms in total. The van der Waals surface area contributed by atoms with Crippen molar-refractivity contribution in [1.82, 2.24) is 4.90 Å². The Labute approximate surface area is 157 Å². The summed E-state index contributed by atoms with van der Waals surface area (Å²) in [6, 6.07) is 13.0. The fourth-order valence-corrected chi connectivity index (χ4v) is 2.94. The fourth-order valence-electron chi connectivity index (χ4n) is 2.94. The van der Waals surface area contributed by atoms with Gasteiger partial charge in [-0.3, -0.25) is 4.79 Å². The molecule has 0 fully saturated rings. The number of rotatable bonds is 6. The van der Waals surface area contributed by atoms with Crippen LogP contribution in [0.1, 0.15) is 16.7 Å². The molecular formula is C21H21NO5. The second-order valence-corrected chi connectivity index (χ2v) is 6.23. The lowest BCUT2D eigenvalue weighted by Crippen LogP contribution is -2.34. The third kappa shape index (κ3) is 4.88. The number of carbonyl (C=O) groups is 2. The highest BCUT2D eigenvalue weighted by Gasteiger charge is 2.19. The maximum Gasteiger partial charge on any atom is 0.341 e. The van der Waals surface area contributed by atoms with Gasteiger partial charge in [0, 0.05) is 19.2 Å². The molecule has 3 rings (SSSR count). The Morgan fingerprint density at radius 3 is 2.56 bits per heavy atom. The highest BCUT2D eigenvalue weighted by Crippen LogP contribution is 2.24. The number of benzene rings is 2. The molecule has 27 heavy (non-hydrogen) atoms. The molecule has 140 valence electrons. The number of carboxylic acids is 1. The number of aliphatic carboxylic acids is 1. The molecule has 0 bridgehead atoms. The van der Waals surface area contributed by atoms with E-state index in [-0.39, 0.29) is 12.5 Å². The van der Waals surface area contributed by atoms with E-state index < -0.39 is 5.97 Å². The standard InChI is InChI=1S/C21H21NO5/c1-26-18-6-2-15(3-7-18)4-9-20(23)22-11-10-16-12-19(27-14-21(24)25)8-5-17(16)13-22/h2-9,12H,10-11,13-14H2,1H3,(H,24,25)/b9-4+. The first kappa shape index (κ1) is 18.5. The molecule has 1 heterocycles. The number of hydrogen-bond acceptors (Lipinski definition) is 4. The molecule has 2 aromatic carbocycles. The molecule has 1 aliphatic rings. The number of carboxylic acid groups (broad SMARTS) is 1. The quantitative estimate of drug-likeness (QED) is 0.795. The highest BCUT2D eigenvalue weighted by atomic mass is 16.5. The van der Waals surface area contributed by atoms with E-state index in [0.29, 0.717) is 25.3 Å². The van der Waals surface area contributed by atoms with Gasteiger partial charge in [0.15, 0.2) is 6.61 Å². The highest BCUT2D eigenvalue weighted by molar-refractivity contribution is 5.92. The lowest BCUT2D eigenvalue weighted by atomic mass is 9.99. The number of nitrogens with zero attached hydrogens (tertiary/aromatic N) is 1. The van der Waals surface area contributed by atoms with Gasteiger partial charge in [0.25, 0.3) is 0 Å². The Bertz CT molecular complexity index is 857. The van der Waals surface area contributed by atoms with E-state index in [1.165, 1.54) is 0 Å². The normalized spacial score (nSPS) is 13.3. The molecule has 0 radical (unpaired) electrons. The lowest BCUT2D eigenvalue weighted by molar-refractivity contribution is -0.139. The molecule has 1 aliphatic heterocycles. The molecular weight excluding hydrogens is 346 g/mol. The average molecular weight is 367 g/mol. The minimum atomic E-state index is -1.01. The van der Waals surface area contributed by atoms with Crippen molar-refractivity contribution in [3.8, 4) is 11.5 Å². The minimum Gasteiger partial charge on any atom is -0.497 e. The van der Waals surface area contributed by atoms with Crippen LogP contribution in [0.3, 0.4) is 0 Å². The summed E-state index contributed by atoms with van der Waals surface area (Å²) in [5, 5.41) is 8.69. The number of ether oxygens (including phenoxy) is 2. The SMILES string of the molecule is COc1ccc(/C=C/C(=O)N2CCc3cc(OCC(=O)O)ccc3C2)cc1. The molecule has 1 N–H and O–H groups in total. The predicted octanol–water partition coefficient (Wildman–Crippen LogP) is 2.76. The van der Waals surface area contributed by atoms with Gasteiger partial charge in [-0.15, -0.1) is 0 Å². The van der Waals surface area contributed by atoms with Gasteiger partial charge in [0.05, 0.1) is 7.11 Å². The molecule has 0 aliphatic carbocycles. The Morgan fingerprint density at radius 1 is 1.11 bits per heavy atom. The van der Waals surface area contributed by atoms with E-state index in [4.69, 9.17) is 14.6 Å². The minimum absolute atomic E-state index is 0.0392. The lowest BCUT2D eigenvalue weighted by Gasteiger charge is -2.28. The summed E-state index contributed by atoms with van der Waals surface area (Å²) in [6.45, 7) is 0.779. The molecule has 0 atom stereocenters. The molecule has 0 saturated carbocycles. The van der Waals surface area contributed by atoms with Crippen LogP contribution in [0.2, 0.25) is 0 Å². The van der Waals surface area contributed by atoms with Crippen LogP contribution in [-0.4, -0.2) is 42.1 Å². The second kappa shape index (κ2) is 8.40. The van der Waals surface area contributed by atoms with Gasteiger partial charge < -0.3 is 19.5 Å². The largest absolute Gasteiger partial charge is 0.497 e. The van der Waals surface area contributed by atoms with Crippen molar-refractivity contribution >= 4 is 18.0 Å². The van der Waals surface area contributed by atoms with Crippen LogP contribution >= 0.6 is 0 Å². The number of carbonyl (C=O) groups excluding carboxylic acids is 1. The Kier molecular flexibility index (Phi) is 5.76.